The third kappa shape index (κ3) is 5.62. The Morgan fingerprint density at radius 1 is 0.625 bits per heavy atom. The van der Waals surface area contributed by atoms with E-state index in [1.165, 1.54) is 0 Å². The van der Waals surface area contributed by atoms with Gasteiger partial charge in [0.05, 0.1) is 23.0 Å². The van der Waals surface area contributed by atoms with Crippen LogP contribution in [0.3, 0.4) is 0 Å². The first-order valence-electron chi connectivity index (χ1n) is 7.12. The van der Waals surface area contributed by atoms with Gasteiger partial charge in [-0.3, -0.25) is 0 Å². The second-order valence-corrected chi connectivity index (χ2v) is 4.71. The molecule has 5 nitrogen and oxygen atoms in total. The molecule has 2 N–H and O–H groups in total. The van der Waals surface area contributed by atoms with E-state index in [2.05, 4.69) is 10.2 Å². The summed E-state index contributed by atoms with van der Waals surface area (Å²) in [7, 11) is 0. The fraction of sp³-hybridized carbons (Fsp3) is 0. The van der Waals surface area contributed by atoms with Gasteiger partial charge in [-0.1, -0.05) is 18.2 Å². The number of hydrogen-bond acceptors (Lipinski definition) is 5. The molecule has 24 heavy (non-hydrogen) atoms. The summed E-state index contributed by atoms with van der Waals surface area (Å²) in [4.78, 5) is 0. The molecule has 0 bridgehead atoms. The van der Waals surface area contributed by atoms with Crippen LogP contribution in [-0.4, -0.2) is 10.2 Å². The van der Waals surface area contributed by atoms with Crippen LogP contribution in [0.4, 0.5) is 11.4 Å². The molecular weight excluding hydrogens is 302 g/mol. The molecule has 0 heterocycles. The lowest BCUT2D eigenvalue weighted by Gasteiger charge is -1.94. The number of aromatic hydroxyl groups is 2. The summed E-state index contributed by atoms with van der Waals surface area (Å²) in [6.45, 7) is 0. The SMILES string of the molecule is N#Cc1ccc(N=Nc2ccc(O)cc2)cc1.Oc1ccccc1. The van der Waals surface area contributed by atoms with E-state index in [4.69, 9.17) is 15.5 Å². The number of phenols is 2. The van der Waals surface area contributed by atoms with Crippen molar-refractivity contribution in [3.8, 4) is 17.6 Å². The average molecular weight is 317 g/mol. The molecule has 118 valence electrons. The quantitative estimate of drug-likeness (QED) is 0.646. The topological polar surface area (TPSA) is 89.0 Å². The Labute approximate surface area is 139 Å². The van der Waals surface area contributed by atoms with E-state index in [-0.39, 0.29) is 5.75 Å². The maximum Gasteiger partial charge on any atom is 0.115 e. The lowest BCUT2D eigenvalue weighted by molar-refractivity contribution is 0.475. The summed E-state index contributed by atoms with van der Waals surface area (Å²) < 4.78 is 0. The predicted octanol–water partition coefficient (Wildman–Crippen LogP) is 5.07. The molecule has 0 amide bonds. The van der Waals surface area contributed by atoms with E-state index in [0.29, 0.717) is 22.7 Å². The summed E-state index contributed by atoms with van der Waals surface area (Å²) in [5, 5.41) is 34.4. The largest absolute Gasteiger partial charge is 0.508 e. The van der Waals surface area contributed by atoms with Gasteiger partial charge in [0.1, 0.15) is 11.5 Å². The van der Waals surface area contributed by atoms with Gasteiger partial charge in [0.2, 0.25) is 0 Å². The molecule has 3 aromatic rings. The Morgan fingerprint density at radius 3 is 1.50 bits per heavy atom. The Morgan fingerprint density at radius 2 is 1.08 bits per heavy atom. The standard InChI is InChI=1S/C13H9N3O.C6H6O/c14-9-10-1-3-11(4-2-10)15-16-12-5-7-13(17)8-6-12;7-6-4-2-1-3-5-6/h1-8,17H;1-5,7H. The summed E-state index contributed by atoms with van der Waals surface area (Å²) in [5.74, 6) is 0.518. The molecule has 3 rings (SSSR count). The van der Waals surface area contributed by atoms with Crippen molar-refractivity contribution in [3.05, 3.63) is 84.4 Å². The van der Waals surface area contributed by atoms with E-state index in [0.717, 1.165) is 0 Å². The molecule has 0 unspecified atom stereocenters. The molecule has 0 fully saturated rings. The number of nitriles is 1. The van der Waals surface area contributed by atoms with Gasteiger partial charge in [-0.25, -0.2) is 0 Å². The highest BCUT2D eigenvalue weighted by atomic mass is 16.3. The zero-order valence-electron chi connectivity index (χ0n) is 12.7. The zero-order valence-corrected chi connectivity index (χ0v) is 12.7. The number of phenolic OH excluding ortho intramolecular Hbond substituents is 2. The van der Waals surface area contributed by atoms with Gasteiger partial charge < -0.3 is 10.2 Å². The van der Waals surface area contributed by atoms with Crippen molar-refractivity contribution in [1.82, 2.24) is 0 Å². The van der Waals surface area contributed by atoms with Crippen LogP contribution in [0.2, 0.25) is 0 Å². The maximum absolute atomic E-state index is 9.10. The summed E-state index contributed by atoms with van der Waals surface area (Å²) in [5.41, 5.74) is 1.93. The number of rotatable bonds is 2. The number of nitrogens with zero attached hydrogens (tertiary/aromatic N) is 3. The van der Waals surface area contributed by atoms with Gasteiger partial charge >= 0.3 is 0 Å². The third-order valence-corrected chi connectivity index (χ3v) is 2.88. The Balaban J connectivity index is 0.000000249. The van der Waals surface area contributed by atoms with Crippen molar-refractivity contribution in [1.29, 1.82) is 5.26 Å². The average Bonchev–Trinajstić information content (AvgIpc) is 2.63. The molecule has 0 aliphatic rings. The van der Waals surface area contributed by atoms with Crippen molar-refractivity contribution >= 4 is 11.4 Å². The number of benzene rings is 3. The van der Waals surface area contributed by atoms with Crippen LogP contribution < -0.4 is 0 Å². The molecule has 5 heteroatoms. The minimum absolute atomic E-state index is 0.197. The number of azo groups is 1. The van der Waals surface area contributed by atoms with E-state index < -0.39 is 0 Å². The highest BCUT2D eigenvalue weighted by Crippen LogP contribution is 2.20. The number of para-hydroxylation sites is 1. The summed E-state index contributed by atoms with van der Waals surface area (Å²) in [6.07, 6.45) is 0. The molecule has 3 aromatic carbocycles. The molecule has 0 spiro atoms. The van der Waals surface area contributed by atoms with Crippen LogP contribution in [0.1, 0.15) is 5.56 Å². The van der Waals surface area contributed by atoms with Gasteiger partial charge in [-0.2, -0.15) is 15.5 Å². The molecule has 0 aliphatic carbocycles. The Hall–Kier alpha value is -3.65. The lowest BCUT2D eigenvalue weighted by Crippen LogP contribution is -1.70. The van der Waals surface area contributed by atoms with Gasteiger partial charge in [0.25, 0.3) is 0 Å². The monoisotopic (exact) mass is 317 g/mol. The molecular formula is C19H15N3O2. The minimum atomic E-state index is 0.197. The predicted molar refractivity (Wildman–Crippen MR) is 91.5 cm³/mol. The van der Waals surface area contributed by atoms with Crippen molar-refractivity contribution in [2.24, 2.45) is 10.2 Å². The van der Waals surface area contributed by atoms with E-state index in [1.54, 1.807) is 72.8 Å². The van der Waals surface area contributed by atoms with Crippen LogP contribution in [0, 0.1) is 11.3 Å². The van der Waals surface area contributed by atoms with Crippen molar-refractivity contribution in [2.75, 3.05) is 0 Å². The smallest absolute Gasteiger partial charge is 0.115 e. The first-order valence-corrected chi connectivity index (χ1v) is 7.12. The van der Waals surface area contributed by atoms with Gasteiger partial charge in [-0.05, 0) is 60.7 Å². The van der Waals surface area contributed by atoms with Crippen molar-refractivity contribution < 1.29 is 10.2 Å². The fourth-order valence-corrected chi connectivity index (χ4v) is 1.67. The van der Waals surface area contributed by atoms with E-state index in [1.807, 2.05) is 12.1 Å². The van der Waals surface area contributed by atoms with E-state index >= 15 is 0 Å². The molecule has 0 saturated heterocycles. The van der Waals surface area contributed by atoms with Gasteiger partial charge in [0, 0.05) is 0 Å². The highest BCUT2D eigenvalue weighted by molar-refractivity contribution is 5.44. The zero-order chi connectivity index (χ0) is 17.2. The van der Waals surface area contributed by atoms with Crippen molar-refractivity contribution in [2.45, 2.75) is 0 Å². The minimum Gasteiger partial charge on any atom is -0.508 e. The Kier molecular flexibility index (Phi) is 6.07. The van der Waals surface area contributed by atoms with Crippen LogP contribution in [0.25, 0.3) is 0 Å². The second-order valence-electron chi connectivity index (χ2n) is 4.71. The molecule has 0 atom stereocenters. The van der Waals surface area contributed by atoms with Crippen LogP contribution >= 0.6 is 0 Å². The second kappa shape index (κ2) is 8.71. The third-order valence-electron chi connectivity index (χ3n) is 2.88. The highest BCUT2D eigenvalue weighted by Gasteiger charge is 1.93. The van der Waals surface area contributed by atoms with Gasteiger partial charge in [0.15, 0.2) is 0 Å². The maximum atomic E-state index is 9.10. The van der Waals surface area contributed by atoms with Crippen LogP contribution in [-0.2, 0) is 0 Å². The molecule has 0 aromatic heterocycles. The Bertz CT molecular complexity index is 821. The fourth-order valence-electron chi connectivity index (χ4n) is 1.67. The number of hydrogen-bond donors (Lipinski definition) is 2. The van der Waals surface area contributed by atoms with Gasteiger partial charge in [-0.15, -0.1) is 0 Å². The van der Waals surface area contributed by atoms with E-state index in [9.17, 15) is 0 Å². The summed E-state index contributed by atoms with van der Waals surface area (Å²) >= 11 is 0. The first kappa shape index (κ1) is 16.7. The van der Waals surface area contributed by atoms with Crippen LogP contribution in [0.15, 0.2) is 89.1 Å². The lowest BCUT2D eigenvalue weighted by atomic mass is 10.2. The normalized spacial score (nSPS) is 9.79. The summed E-state index contributed by atoms with van der Waals surface area (Å²) in [6, 6.07) is 24.0. The van der Waals surface area contributed by atoms with Crippen molar-refractivity contribution in [3.63, 3.8) is 0 Å². The van der Waals surface area contributed by atoms with Crippen LogP contribution in [0.5, 0.6) is 11.5 Å². The molecule has 0 aliphatic heterocycles. The first-order chi connectivity index (χ1) is 11.7. The molecule has 0 radical (unpaired) electrons. The molecule has 0 saturated carbocycles.